The van der Waals surface area contributed by atoms with E-state index in [1.54, 1.807) is 18.5 Å². The van der Waals surface area contributed by atoms with Gasteiger partial charge in [0.15, 0.2) is 6.61 Å². The van der Waals surface area contributed by atoms with Crippen LogP contribution in [0.25, 0.3) is 6.08 Å². The van der Waals surface area contributed by atoms with Gasteiger partial charge in [0, 0.05) is 18.2 Å². The number of aryl methyl sites for hydroxylation is 2. The third kappa shape index (κ3) is 6.76. The number of hydrogen-bond acceptors (Lipinski definition) is 5. The molecule has 8 nitrogen and oxygen atoms in total. The van der Waals surface area contributed by atoms with Crippen LogP contribution in [0, 0.1) is 13.8 Å². The first-order chi connectivity index (χ1) is 13.8. The quantitative estimate of drug-likeness (QED) is 0.531. The summed E-state index contributed by atoms with van der Waals surface area (Å²) in [4.78, 5) is 34.5. The number of halogens is 1. The monoisotopic (exact) mass is 418 g/mol. The van der Waals surface area contributed by atoms with Gasteiger partial charge in [0.2, 0.25) is 0 Å². The van der Waals surface area contributed by atoms with Gasteiger partial charge < -0.3 is 10.1 Å². The highest BCUT2D eigenvalue weighted by Crippen LogP contribution is 2.22. The van der Waals surface area contributed by atoms with Gasteiger partial charge in [0.25, 0.3) is 5.91 Å². The molecule has 0 bridgehead atoms. The summed E-state index contributed by atoms with van der Waals surface area (Å²) < 4.78 is 6.46. The number of carbonyl (C=O) groups excluding carboxylic acids is 3. The molecule has 1 aromatic carbocycles. The van der Waals surface area contributed by atoms with Crippen molar-refractivity contribution in [2.24, 2.45) is 0 Å². The van der Waals surface area contributed by atoms with E-state index >= 15 is 0 Å². The van der Waals surface area contributed by atoms with Crippen LogP contribution in [-0.2, 0) is 20.9 Å². The molecule has 0 fully saturated rings. The van der Waals surface area contributed by atoms with Gasteiger partial charge in [-0.05, 0) is 32.4 Å². The van der Waals surface area contributed by atoms with Gasteiger partial charge in [-0.25, -0.2) is 14.3 Å². The van der Waals surface area contributed by atoms with Crippen LogP contribution in [0.4, 0.5) is 4.79 Å². The molecule has 3 amide bonds. The van der Waals surface area contributed by atoms with Gasteiger partial charge in [0.05, 0.1) is 12.2 Å². The molecule has 0 aliphatic carbocycles. The third-order valence-corrected chi connectivity index (χ3v) is 4.28. The molecule has 2 rings (SSSR count). The molecule has 0 radical (unpaired) electrons. The minimum absolute atomic E-state index is 0.374. The van der Waals surface area contributed by atoms with E-state index in [1.807, 2.05) is 36.5 Å². The smallest absolute Gasteiger partial charge is 0.331 e. The Morgan fingerprint density at radius 1 is 1.21 bits per heavy atom. The number of ether oxygens (including phenoxy) is 1. The van der Waals surface area contributed by atoms with Gasteiger partial charge in [-0.15, -0.1) is 0 Å². The molecule has 0 spiro atoms. The summed E-state index contributed by atoms with van der Waals surface area (Å²) >= 11 is 6.40. The largest absolute Gasteiger partial charge is 0.452 e. The van der Waals surface area contributed by atoms with Crippen molar-refractivity contribution in [2.45, 2.75) is 27.3 Å². The predicted molar refractivity (Wildman–Crippen MR) is 109 cm³/mol. The maximum Gasteiger partial charge on any atom is 0.331 e. The molecule has 29 heavy (non-hydrogen) atoms. The molecule has 0 saturated heterocycles. The lowest BCUT2D eigenvalue weighted by Crippen LogP contribution is -2.41. The average molecular weight is 419 g/mol. The number of nitrogens with one attached hydrogen (secondary N) is 2. The zero-order valence-corrected chi connectivity index (χ0v) is 17.2. The highest BCUT2D eigenvalue weighted by Gasteiger charge is 2.13. The maximum atomic E-state index is 11.8. The maximum absolute atomic E-state index is 11.8. The fourth-order valence-corrected chi connectivity index (χ4v) is 2.73. The Kier molecular flexibility index (Phi) is 7.97. The summed E-state index contributed by atoms with van der Waals surface area (Å²) in [7, 11) is 0. The minimum Gasteiger partial charge on any atom is -0.452 e. The molecule has 154 valence electrons. The molecule has 2 N–H and O–H groups in total. The summed E-state index contributed by atoms with van der Waals surface area (Å²) in [6, 6.07) is 7.38. The Balaban J connectivity index is 1.95. The van der Waals surface area contributed by atoms with E-state index in [2.05, 4.69) is 10.4 Å². The first kappa shape index (κ1) is 22.2. The molecule has 2 aromatic rings. The number of carbonyl (C=O) groups is 3. The molecule has 0 aliphatic heterocycles. The van der Waals surface area contributed by atoms with Crippen LogP contribution >= 0.6 is 11.6 Å². The molecule has 1 heterocycles. The average Bonchev–Trinajstić information content (AvgIpc) is 2.93. The predicted octanol–water partition coefficient (Wildman–Crippen LogP) is 2.60. The lowest BCUT2D eigenvalue weighted by atomic mass is 10.1. The Hall–Kier alpha value is -3.13. The molecule has 1 aromatic heterocycles. The Labute approximate surface area is 173 Å². The second-order valence-corrected chi connectivity index (χ2v) is 6.64. The highest BCUT2D eigenvalue weighted by molar-refractivity contribution is 6.31. The van der Waals surface area contributed by atoms with Gasteiger partial charge in [-0.2, -0.15) is 5.10 Å². The van der Waals surface area contributed by atoms with E-state index < -0.39 is 24.5 Å². The van der Waals surface area contributed by atoms with Crippen LogP contribution in [-0.4, -0.2) is 40.8 Å². The van der Waals surface area contributed by atoms with E-state index in [0.29, 0.717) is 29.5 Å². The Morgan fingerprint density at radius 2 is 1.90 bits per heavy atom. The van der Waals surface area contributed by atoms with Crippen molar-refractivity contribution in [1.82, 2.24) is 20.4 Å². The van der Waals surface area contributed by atoms with Crippen LogP contribution in [0.2, 0.25) is 5.15 Å². The minimum atomic E-state index is -0.738. The number of esters is 1. The van der Waals surface area contributed by atoms with E-state index in [4.69, 9.17) is 16.3 Å². The van der Waals surface area contributed by atoms with Crippen molar-refractivity contribution >= 4 is 35.6 Å². The third-order valence-electron chi connectivity index (χ3n) is 3.88. The second-order valence-electron chi connectivity index (χ2n) is 6.28. The summed E-state index contributed by atoms with van der Waals surface area (Å²) in [5.41, 5.74) is 3.45. The topological polar surface area (TPSA) is 102 Å². The fraction of sp³-hybridized carbons (Fsp3) is 0.300. The summed E-state index contributed by atoms with van der Waals surface area (Å²) in [5.74, 6) is -1.46. The van der Waals surface area contributed by atoms with Gasteiger partial charge in [0.1, 0.15) is 5.15 Å². The van der Waals surface area contributed by atoms with Crippen LogP contribution in [0.15, 0.2) is 30.3 Å². The number of benzene rings is 1. The van der Waals surface area contributed by atoms with Crippen LogP contribution < -0.4 is 10.6 Å². The summed E-state index contributed by atoms with van der Waals surface area (Å²) in [5, 5.41) is 9.22. The van der Waals surface area contributed by atoms with Crippen molar-refractivity contribution in [2.75, 3.05) is 13.2 Å². The highest BCUT2D eigenvalue weighted by atomic mass is 35.5. The van der Waals surface area contributed by atoms with Gasteiger partial charge >= 0.3 is 12.0 Å². The molecular weight excluding hydrogens is 396 g/mol. The first-order valence-corrected chi connectivity index (χ1v) is 9.39. The van der Waals surface area contributed by atoms with E-state index in [1.165, 1.54) is 11.6 Å². The van der Waals surface area contributed by atoms with Crippen molar-refractivity contribution in [3.8, 4) is 0 Å². The standard InChI is InChI=1S/C20H23ClN4O4/c1-4-22-20(28)23-17(26)12-29-18(27)10-9-16-14(3)24-25(19(16)21)11-15-7-5-13(2)6-8-15/h5-10H,4,11-12H2,1-3H3,(H2,22,23,26,28)/b10-9+. The summed E-state index contributed by atoms with van der Waals surface area (Å²) in [6.45, 7) is 5.81. The molecular formula is C20H23ClN4O4. The Morgan fingerprint density at radius 3 is 2.55 bits per heavy atom. The number of hydrogen-bond donors (Lipinski definition) is 2. The van der Waals surface area contributed by atoms with Gasteiger partial charge in [-0.1, -0.05) is 41.4 Å². The van der Waals surface area contributed by atoms with E-state index in [0.717, 1.165) is 11.6 Å². The van der Waals surface area contributed by atoms with Crippen LogP contribution in [0.5, 0.6) is 0 Å². The zero-order valence-electron chi connectivity index (χ0n) is 16.5. The molecule has 0 unspecified atom stereocenters. The number of nitrogens with zero attached hydrogens (tertiary/aromatic N) is 2. The molecule has 0 aliphatic rings. The van der Waals surface area contributed by atoms with E-state index in [-0.39, 0.29) is 0 Å². The molecule has 0 saturated carbocycles. The lowest BCUT2D eigenvalue weighted by molar-refractivity contribution is -0.143. The van der Waals surface area contributed by atoms with Crippen LogP contribution in [0.1, 0.15) is 29.3 Å². The Bertz CT molecular complexity index is 919. The normalized spacial score (nSPS) is 10.8. The molecule has 9 heteroatoms. The van der Waals surface area contributed by atoms with E-state index in [9.17, 15) is 14.4 Å². The number of aromatic nitrogens is 2. The number of imide groups is 1. The number of rotatable bonds is 7. The van der Waals surface area contributed by atoms with Gasteiger partial charge in [-0.3, -0.25) is 10.1 Å². The first-order valence-electron chi connectivity index (χ1n) is 9.01. The summed E-state index contributed by atoms with van der Waals surface area (Å²) in [6.07, 6.45) is 2.64. The number of amides is 3. The number of urea groups is 1. The lowest BCUT2D eigenvalue weighted by Gasteiger charge is -2.05. The zero-order chi connectivity index (χ0) is 21.4. The van der Waals surface area contributed by atoms with Crippen molar-refractivity contribution in [3.63, 3.8) is 0 Å². The fourth-order valence-electron chi connectivity index (χ4n) is 2.43. The second kappa shape index (κ2) is 10.4. The van der Waals surface area contributed by atoms with Crippen molar-refractivity contribution in [3.05, 3.63) is 57.9 Å². The van der Waals surface area contributed by atoms with Crippen LogP contribution in [0.3, 0.4) is 0 Å². The molecule has 0 atom stereocenters. The SMILES string of the molecule is CCNC(=O)NC(=O)COC(=O)/C=C/c1c(C)nn(Cc2ccc(C)cc2)c1Cl. The van der Waals surface area contributed by atoms with Crippen molar-refractivity contribution < 1.29 is 19.1 Å². The van der Waals surface area contributed by atoms with Crippen molar-refractivity contribution in [1.29, 1.82) is 0 Å².